The van der Waals surface area contributed by atoms with Gasteiger partial charge in [-0.15, -0.1) is 0 Å². The molecular weight excluding hydrogens is 464 g/mol. The number of nitrogens with one attached hydrogen (secondary N) is 1. The number of hydrogen-bond acceptors (Lipinski definition) is 3. The minimum Gasteiger partial charge on any atom is -0.480 e. The summed E-state index contributed by atoms with van der Waals surface area (Å²) in [6, 6.07) is 18.2. The zero-order valence-corrected chi connectivity index (χ0v) is 22.3. The number of amides is 2. The lowest BCUT2D eigenvalue weighted by Crippen LogP contribution is -2.44. The second-order valence-electron chi connectivity index (χ2n) is 11.1. The van der Waals surface area contributed by atoms with Gasteiger partial charge in [0.25, 0.3) is 11.8 Å². The Morgan fingerprint density at radius 3 is 2.19 bits per heavy atom. The van der Waals surface area contributed by atoms with Crippen molar-refractivity contribution in [2.24, 2.45) is 5.92 Å². The maximum absolute atomic E-state index is 13.1. The van der Waals surface area contributed by atoms with Crippen LogP contribution in [0.15, 0.2) is 60.7 Å². The molecule has 0 bridgehead atoms. The molecule has 1 atom stereocenters. The molecular formula is C31H34N2O4. The Morgan fingerprint density at radius 1 is 0.946 bits per heavy atom. The summed E-state index contributed by atoms with van der Waals surface area (Å²) in [6.45, 7) is 12.3. The van der Waals surface area contributed by atoms with Crippen molar-refractivity contribution in [3.05, 3.63) is 88.5 Å². The van der Waals surface area contributed by atoms with Crippen LogP contribution in [0.1, 0.15) is 72.0 Å². The van der Waals surface area contributed by atoms with Gasteiger partial charge in [-0.2, -0.15) is 0 Å². The van der Waals surface area contributed by atoms with Gasteiger partial charge in [0.05, 0.1) is 0 Å². The van der Waals surface area contributed by atoms with Gasteiger partial charge in [0, 0.05) is 23.4 Å². The molecule has 0 unspecified atom stereocenters. The molecule has 1 aliphatic rings. The third kappa shape index (κ3) is 5.29. The van der Waals surface area contributed by atoms with Crippen LogP contribution in [0.3, 0.4) is 0 Å². The van der Waals surface area contributed by atoms with Crippen LogP contribution in [0.4, 0.5) is 5.69 Å². The second kappa shape index (κ2) is 9.85. The normalized spacial score (nSPS) is 14.0. The number of hydrogen-bond donors (Lipinski definition) is 2. The number of aliphatic carboxylic acids is 1. The van der Waals surface area contributed by atoms with E-state index in [1.165, 1.54) is 10.5 Å². The SMILES string of the molecule is Cc1cc(NC(=O)c2ccc(C(C)(C)C)cc2)ccc1-c1ccc2c(c1)C(=O)N([C@H](C(=O)O)C(C)C)C2. The number of fused-ring (bicyclic) bond motifs is 1. The molecule has 2 N–H and O–H groups in total. The van der Waals surface area contributed by atoms with E-state index in [1.54, 1.807) is 0 Å². The topological polar surface area (TPSA) is 86.7 Å². The van der Waals surface area contributed by atoms with Gasteiger partial charge in [0.15, 0.2) is 0 Å². The fraction of sp³-hybridized carbons (Fsp3) is 0.323. The fourth-order valence-electron chi connectivity index (χ4n) is 4.88. The quantitative estimate of drug-likeness (QED) is 0.419. The predicted molar refractivity (Wildman–Crippen MR) is 146 cm³/mol. The van der Waals surface area contributed by atoms with Crippen LogP contribution in [0, 0.1) is 12.8 Å². The molecule has 0 spiro atoms. The number of nitrogens with zero attached hydrogens (tertiary/aromatic N) is 1. The third-order valence-corrected chi connectivity index (χ3v) is 6.97. The first-order chi connectivity index (χ1) is 17.4. The van der Waals surface area contributed by atoms with Crippen molar-refractivity contribution in [1.82, 2.24) is 4.90 Å². The van der Waals surface area contributed by atoms with E-state index < -0.39 is 12.0 Å². The Kier molecular flexibility index (Phi) is 6.96. The molecule has 2 amide bonds. The number of benzene rings is 3. The zero-order chi connectivity index (χ0) is 27.1. The largest absolute Gasteiger partial charge is 0.480 e. The van der Waals surface area contributed by atoms with Gasteiger partial charge in [-0.1, -0.05) is 65.0 Å². The number of carbonyl (C=O) groups is 3. The van der Waals surface area contributed by atoms with Gasteiger partial charge in [0.2, 0.25) is 0 Å². The van der Waals surface area contributed by atoms with E-state index in [1.807, 2.05) is 81.4 Å². The highest BCUT2D eigenvalue weighted by Crippen LogP contribution is 2.33. The first-order valence-corrected chi connectivity index (χ1v) is 12.6. The van der Waals surface area contributed by atoms with E-state index in [9.17, 15) is 19.5 Å². The van der Waals surface area contributed by atoms with Crippen molar-refractivity contribution in [1.29, 1.82) is 0 Å². The molecule has 0 saturated heterocycles. The van der Waals surface area contributed by atoms with E-state index in [-0.39, 0.29) is 23.1 Å². The third-order valence-electron chi connectivity index (χ3n) is 6.97. The minimum atomic E-state index is -0.991. The maximum Gasteiger partial charge on any atom is 0.326 e. The van der Waals surface area contributed by atoms with Gasteiger partial charge in [0.1, 0.15) is 6.04 Å². The molecule has 0 saturated carbocycles. The Bertz CT molecular complexity index is 1370. The van der Waals surface area contributed by atoms with Gasteiger partial charge in [-0.05, 0) is 76.4 Å². The number of aryl methyl sites for hydroxylation is 1. The van der Waals surface area contributed by atoms with Crippen LogP contribution in [0.5, 0.6) is 0 Å². The standard InChI is InChI=1S/C31H34N2O4/c1-18(2)27(30(36)37)33-17-22-8-7-21(16-26(22)29(33)35)25-14-13-24(15-19(25)3)32-28(34)20-9-11-23(12-10-20)31(4,5)6/h7-16,18,27H,17H2,1-6H3,(H,32,34)(H,36,37)/t27-/m0/s1. The summed E-state index contributed by atoms with van der Waals surface area (Å²) < 4.78 is 0. The first-order valence-electron chi connectivity index (χ1n) is 12.6. The molecule has 0 aromatic heterocycles. The molecule has 6 nitrogen and oxygen atoms in total. The zero-order valence-electron chi connectivity index (χ0n) is 22.3. The van der Waals surface area contributed by atoms with E-state index >= 15 is 0 Å². The highest BCUT2D eigenvalue weighted by molar-refractivity contribution is 6.04. The van der Waals surface area contributed by atoms with Crippen molar-refractivity contribution >= 4 is 23.5 Å². The summed E-state index contributed by atoms with van der Waals surface area (Å²) in [6.07, 6.45) is 0. The van der Waals surface area contributed by atoms with Crippen molar-refractivity contribution in [3.63, 3.8) is 0 Å². The average molecular weight is 499 g/mol. The van der Waals surface area contributed by atoms with Crippen LogP contribution in [-0.2, 0) is 16.8 Å². The summed E-state index contributed by atoms with van der Waals surface area (Å²) in [5, 5.41) is 12.6. The van der Waals surface area contributed by atoms with Crippen LogP contribution < -0.4 is 5.32 Å². The predicted octanol–water partition coefficient (Wildman–Crippen LogP) is 6.28. The Balaban J connectivity index is 1.53. The molecule has 37 heavy (non-hydrogen) atoms. The summed E-state index contributed by atoms with van der Waals surface area (Å²) in [7, 11) is 0. The Hall–Kier alpha value is -3.93. The fourth-order valence-corrected chi connectivity index (χ4v) is 4.88. The lowest BCUT2D eigenvalue weighted by atomic mass is 9.86. The van der Waals surface area contributed by atoms with E-state index in [0.717, 1.165) is 22.3 Å². The van der Waals surface area contributed by atoms with Gasteiger partial charge < -0.3 is 15.3 Å². The highest BCUT2D eigenvalue weighted by atomic mass is 16.4. The average Bonchev–Trinajstić information content (AvgIpc) is 3.13. The van der Waals surface area contributed by atoms with Crippen molar-refractivity contribution in [3.8, 4) is 11.1 Å². The van der Waals surface area contributed by atoms with Crippen molar-refractivity contribution in [2.75, 3.05) is 5.32 Å². The molecule has 0 radical (unpaired) electrons. The lowest BCUT2D eigenvalue weighted by molar-refractivity contribution is -0.144. The molecule has 1 heterocycles. The molecule has 1 aliphatic heterocycles. The number of carboxylic acid groups (broad SMARTS) is 1. The van der Waals surface area contributed by atoms with E-state index in [2.05, 4.69) is 26.1 Å². The summed E-state index contributed by atoms with van der Waals surface area (Å²) >= 11 is 0. The van der Waals surface area contributed by atoms with E-state index in [4.69, 9.17) is 0 Å². The number of anilines is 1. The molecule has 3 aromatic carbocycles. The molecule has 6 heteroatoms. The highest BCUT2D eigenvalue weighted by Gasteiger charge is 2.38. The molecule has 192 valence electrons. The van der Waals surface area contributed by atoms with Crippen LogP contribution in [0.2, 0.25) is 0 Å². The monoisotopic (exact) mass is 498 g/mol. The first kappa shape index (κ1) is 26.1. The Labute approximate surface area is 218 Å². The van der Waals surface area contributed by atoms with Crippen LogP contribution >= 0.6 is 0 Å². The number of rotatable bonds is 6. The van der Waals surface area contributed by atoms with Gasteiger partial charge in [-0.25, -0.2) is 4.79 Å². The van der Waals surface area contributed by atoms with Crippen molar-refractivity contribution < 1.29 is 19.5 Å². The maximum atomic E-state index is 13.1. The van der Waals surface area contributed by atoms with E-state index in [0.29, 0.717) is 23.4 Å². The van der Waals surface area contributed by atoms with Gasteiger partial charge in [-0.3, -0.25) is 9.59 Å². The number of carbonyl (C=O) groups excluding carboxylic acids is 2. The van der Waals surface area contributed by atoms with Crippen LogP contribution in [-0.4, -0.2) is 33.8 Å². The van der Waals surface area contributed by atoms with Gasteiger partial charge >= 0.3 is 5.97 Å². The number of carboxylic acids is 1. The van der Waals surface area contributed by atoms with Crippen LogP contribution in [0.25, 0.3) is 11.1 Å². The van der Waals surface area contributed by atoms with Crippen molar-refractivity contribution in [2.45, 2.75) is 59.5 Å². The summed E-state index contributed by atoms with van der Waals surface area (Å²) in [5.41, 5.74) is 6.62. The minimum absolute atomic E-state index is 0.0226. The molecule has 3 aromatic rings. The molecule has 0 aliphatic carbocycles. The second-order valence-corrected chi connectivity index (χ2v) is 11.1. The molecule has 0 fully saturated rings. The summed E-state index contributed by atoms with van der Waals surface area (Å²) in [4.78, 5) is 39.1. The smallest absolute Gasteiger partial charge is 0.326 e. The molecule has 4 rings (SSSR count). The Morgan fingerprint density at radius 2 is 1.62 bits per heavy atom. The lowest BCUT2D eigenvalue weighted by Gasteiger charge is -2.27. The summed E-state index contributed by atoms with van der Waals surface area (Å²) in [5.74, 6) is -1.61.